The second kappa shape index (κ2) is 6.35. The third-order valence-electron chi connectivity index (χ3n) is 4.43. The molecule has 1 aliphatic carbocycles. The number of hydrogen-bond donors (Lipinski definition) is 0. The van der Waals surface area contributed by atoms with Gasteiger partial charge in [-0.15, -0.1) is 0 Å². The molecule has 15 heavy (non-hydrogen) atoms. The van der Waals surface area contributed by atoms with Gasteiger partial charge in [0, 0.05) is 0 Å². The van der Waals surface area contributed by atoms with Gasteiger partial charge in [-0.3, -0.25) is 0 Å². The SMILES string of the molecule is CC1C=CC(C)C1(C)C.CCC(C)CC. The molecule has 90 valence electrons. The first-order valence-corrected chi connectivity index (χ1v) is 6.54. The molecule has 2 unspecified atom stereocenters. The zero-order valence-corrected chi connectivity index (χ0v) is 11.8. The molecule has 0 radical (unpaired) electrons. The van der Waals surface area contributed by atoms with Crippen LogP contribution in [0, 0.1) is 23.2 Å². The van der Waals surface area contributed by atoms with Crippen molar-refractivity contribution in [2.75, 3.05) is 0 Å². The average Bonchev–Trinajstić information content (AvgIpc) is 2.45. The first-order chi connectivity index (χ1) is 6.86. The van der Waals surface area contributed by atoms with Crippen molar-refractivity contribution in [3.63, 3.8) is 0 Å². The van der Waals surface area contributed by atoms with E-state index in [1.54, 1.807) is 0 Å². The summed E-state index contributed by atoms with van der Waals surface area (Å²) in [6, 6.07) is 0. The third kappa shape index (κ3) is 4.40. The van der Waals surface area contributed by atoms with Crippen LogP contribution in [0.4, 0.5) is 0 Å². The van der Waals surface area contributed by atoms with Crippen molar-refractivity contribution < 1.29 is 0 Å². The van der Waals surface area contributed by atoms with Gasteiger partial charge in [-0.25, -0.2) is 0 Å². The normalized spacial score (nSPS) is 27.7. The zero-order chi connectivity index (χ0) is 12.1. The highest BCUT2D eigenvalue weighted by molar-refractivity contribution is 5.08. The maximum Gasteiger partial charge on any atom is -0.0205 e. The highest BCUT2D eigenvalue weighted by Gasteiger charge is 2.32. The highest BCUT2D eigenvalue weighted by atomic mass is 14.4. The minimum Gasteiger partial charge on any atom is -0.0849 e. The maximum absolute atomic E-state index is 2.34. The van der Waals surface area contributed by atoms with E-state index in [0.29, 0.717) is 5.41 Å². The van der Waals surface area contributed by atoms with Gasteiger partial charge in [0.15, 0.2) is 0 Å². The van der Waals surface area contributed by atoms with Gasteiger partial charge in [0.25, 0.3) is 0 Å². The molecule has 0 saturated carbocycles. The maximum atomic E-state index is 2.34. The van der Waals surface area contributed by atoms with E-state index in [4.69, 9.17) is 0 Å². The molecule has 0 aromatic carbocycles. The van der Waals surface area contributed by atoms with E-state index in [0.717, 1.165) is 17.8 Å². The fraction of sp³-hybridized carbons (Fsp3) is 0.867. The molecule has 1 rings (SSSR count). The van der Waals surface area contributed by atoms with Crippen molar-refractivity contribution in [3.8, 4) is 0 Å². The van der Waals surface area contributed by atoms with Crippen molar-refractivity contribution in [2.24, 2.45) is 23.2 Å². The highest BCUT2D eigenvalue weighted by Crippen LogP contribution is 2.41. The van der Waals surface area contributed by atoms with Crippen LogP contribution in [0.5, 0.6) is 0 Å². The molecular formula is C15H30. The van der Waals surface area contributed by atoms with Gasteiger partial charge in [0.2, 0.25) is 0 Å². The molecule has 0 aliphatic heterocycles. The second-order valence-electron chi connectivity index (χ2n) is 5.71. The lowest BCUT2D eigenvalue weighted by molar-refractivity contribution is 0.232. The summed E-state index contributed by atoms with van der Waals surface area (Å²) in [5.41, 5.74) is 0.500. The quantitative estimate of drug-likeness (QED) is 0.543. The Morgan fingerprint density at radius 1 is 1.00 bits per heavy atom. The Bertz CT molecular complexity index is 170. The van der Waals surface area contributed by atoms with Crippen molar-refractivity contribution in [1.29, 1.82) is 0 Å². The van der Waals surface area contributed by atoms with Crippen molar-refractivity contribution in [2.45, 2.75) is 61.3 Å². The van der Waals surface area contributed by atoms with Gasteiger partial charge in [0.1, 0.15) is 0 Å². The molecule has 2 atom stereocenters. The van der Waals surface area contributed by atoms with E-state index in [1.165, 1.54) is 12.8 Å². The molecule has 1 aliphatic rings. The van der Waals surface area contributed by atoms with Gasteiger partial charge in [-0.2, -0.15) is 0 Å². The van der Waals surface area contributed by atoms with Crippen LogP contribution in [0.25, 0.3) is 0 Å². The molecule has 0 heterocycles. The van der Waals surface area contributed by atoms with Crippen LogP contribution in [0.3, 0.4) is 0 Å². The predicted octanol–water partition coefficient (Wildman–Crippen LogP) is 5.30. The van der Waals surface area contributed by atoms with Crippen molar-refractivity contribution in [1.82, 2.24) is 0 Å². The van der Waals surface area contributed by atoms with Crippen LogP contribution in [-0.4, -0.2) is 0 Å². The largest absolute Gasteiger partial charge is 0.0849 e. The van der Waals surface area contributed by atoms with Crippen molar-refractivity contribution in [3.05, 3.63) is 12.2 Å². The Morgan fingerprint density at radius 3 is 1.40 bits per heavy atom. The fourth-order valence-electron chi connectivity index (χ4n) is 1.53. The standard InChI is InChI=1S/C9H16.C6H14/c1-7-5-6-8(2)9(7,3)4;1-4-6(3)5-2/h5-8H,1-4H3;6H,4-5H2,1-3H3. The molecule has 0 aromatic rings. The molecule has 0 amide bonds. The Hall–Kier alpha value is -0.260. The van der Waals surface area contributed by atoms with Crippen LogP contribution in [0.2, 0.25) is 0 Å². The molecule has 0 N–H and O–H groups in total. The van der Waals surface area contributed by atoms with Crippen LogP contribution in [0.1, 0.15) is 61.3 Å². The van der Waals surface area contributed by atoms with Crippen LogP contribution >= 0.6 is 0 Å². The smallest absolute Gasteiger partial charge is 0.0205 e. The topological polar surface area (TPSA) is 0 Å². The summed E-state index contributed by atoms with van der Waals surface area (Å²) in [6.45, 7) is 16.0. The van der Waals surface area contributed by atoms with E-state index in [-0.39, 0.29) is 0 Å². The average molecular weight is 210 g/mol. The van der Waals surface area contributed by atoms with Crippen LogP contribution in [0.15, 0.2) is 12.2 Å². The van der Waals surface area contributed by atoms with Gasteiger partial charge in [-0.05, 0) is 23.2 Å². The van der Waals surface area contributed by atoms with Crippen LogP contribution in [-0.2, 0) is 0 Å². The summed E-state index contributed by atoms with van der Waals surface area (Å²) in [7, 11) is 0. The molecular weight excluding hydrogens is 180 g/mol. The lowest BCUT2D eigenvalue weighted by atomic mass is 9.76. The lowest BCUT2D eigenvalue weighted by Crippen LogP contribution is -2.21. The van der Waals surface area contributed by atoms with Gasteiger partial charge >= 0.3 is 0 Å². The van der Waals surface area contributed by atoms with E-state index in [1.807, 2.05) is 0 Å². The van der Waals surface area contributed by atoms with E-state index in [2.05, 4.69) is 60.6 Å². The Morgan fingerprint density at radius 2 is 1.33 bits per heavy atom. The predicted molar refractivity (Wildman–Crippen MR) is 71.0 cm³/mol. The molecule has 0 fully saturated rings. The Kier molecular flexibility index (Phi) is 6.24. The summed E-state index contributed by atoms with van der Waals surface area (Å²) in [5.74, 6) is 2.45. The summed E-state index contributed by atoms with van der Waals surface area (Å²) in [6.07, 6.45) is 7.31. The number of hydrogen-bond acceptors (Lipinski definition) is 0. The van der Waals surface area contributed by atoms with E-state index in [9.17, 15) is 0 Å². The Labute approximate surface area is 97.2 Å². The molecule has 0 spiro atoms. The van der Waals surface area contributed by atoms with E-state index < -0.39 is 0 Å². The molecule has 0 bridgehead atoms. The lowest BCUT2D eigenvalue weighted by Gasteiger charge is -2.28. The second-order valence-corrected chi connectivity index (χ2v) is 5.71. The van der Waals surface area contributed by atoms with Gasteiger partial charge < -0.3 is 0 Å². The molecule has 0 saturated heterocycles. The van der Waals surface area contributed by atoms with E-state index >= 15 is 0 Å². The summed E-state index contributed by atoms with van der Waals surface area (Å²) in [5, 5.41) is 0. The Balaban J connectivity index is 0.000000288. The molecule has 0 aromatic heterocycles. The van der Waals surface area contributed by atoms with Gasteiger partial charge in [-0.1, -0.05) is 73.5 Å². The minimum atomic E-state index is 0.500. The summed E-state index contributed by atoms with van der Waals surface area (Å²) >= 11 is 0. The fourth-order valence-corrected chi connectivity index (χ4v) is 1.53. The third-order valence-corrected chi connectivity index (χ3v) is 4.43. The summed E-state index contributed by atoms with van der Waals surface area (Å²) in [4.78, 5) is 0. The zero-order valence-electron chi connectivity index (χ0n) is 11.8. The minimum absolute atomic E-state index is 0.500. The van der Waals surface area contributed by atoms with Gasteiger partial charge in [0.05, 0.1) is 0 Å². The number of rotatable bonds is 2. The summed E-state index contributed by atoms with van der Waals surface area (Å²) < 4.78 is 0. The number of allylic oxidation sites excluding steroid dienone is 2. The monoisotopic (exact) mass is 210 g/mol. The van der Waals surface area contributed by atoms with Crippen LogP contribution < -0.4 is 0 Å². The molecule has 0 nitrogen and oxygen atoms in total. The molecule has 0 heteroatoms. The van der Waals surface area contributed by atoms with Crippen molar-refractivity contribution >= 4 is 0 Å². The first-order valence-electron chi connectivity index (χ1n) is 6.54. The first kappa shape index (κ1) is 14.7.